The third-order valence-corrected chi connectivity index (χ3v) is 2.32. The molecule has 1 saturated carbocycles. The van der Waals surface area contributed by atoms with Crippen LogP contribution in [0, 0.1) is 18.3 Å². The molecule has 0 aromatic rings. The first-order chi connectivity index (χ1) is 5.34. The summed E-state index contributed by atoms with van der Waals surface area (Å²) in [6.07, 6.45) is 11.0. The highest BCUT2D eigenvalue weighted by atomic mass is 16.1. The second kappa shape index (κ2) is 4.18. The molecule has 60 valence electrons. The molecule has 1 aliphatic carbocycles. The molecule has 0 N–H and O–H groups in total. The molecular weight excluding hydrogens is 136 g/mol. The summed E-state index contributed by atoms with van der Waals surface area (Å²) >= 11 is 0. The minimum Gasteiger partial charge on any atom is -0.299 e. The van der Waals surface area contributed by atoms with Gasteiger partial charge in [-0.25, -0.2) is 0 Å². The van der Waals surface area contributed by atoms with Gasteiger partial charge in [0.25, 0.3) is 0 Å². The van der Waals surface area contributed by atoms with E-state index in [0.717, 1.165) is 32.1 Å². The maximum atomic E-state index is 11.2. The Morgan fingerprint density at radius 3 is 3.00 bits per heavy atom. The van der Waals surface area contributed by atoms with E-state index in [9.17, 15) is 4.79 Å². The van der Waals surface area contributed by atoms with Gasteiger partial charge in [0.05, 0.1) is 0 Å². The van der Waals surface area contributed by atoms with Crippen molar-refractivity contribution < 1.29 is 4.79 Å². The number of Topliss-reactive ketones (excluding diaryl/α,β-unsaturated/α-hetero) is 1. The van der Waals surface area contributed by atoms with Crippen molar-refractivity contribution in [2.24, 2.45) is 5.92 Å². The van der Waals surface area contributed by atoms with Crippen molar-refractivity contribution in [3.63, 3.8) is 0 Å². The Bertz CT molecular complexity index is 176. The van der Waals surface area contributed by atoms with E-state index in [4.69, 9.17) is 6.42 Å². The quantitative estimate of drug-likeness (QED) is 0.551. The third kappa shape index (κ3) is 2.38. The molecule has 0 bridgehead atoms. The number of carbonyl (C=O) groups is 1. The van der Waals surface area contributed by atoms with Crippen molar-refractivity contribution in [2.45, 2.75) is 38.5 Å². The zero-order valence-electron chi connectivity index (χ0n) is 6.81. The lowest BCUT2D eigenvalue weighted by Crippen LogP contribution is -2.18. The zero-order valence-corrected chi connectivity index (χ0v) is 6.81. The Labute approximate surface area is 68.2 Å². The Kier molecular flexibility index (Phi) is 3.16. The lowest BCUT2D eigenvalue weighted by Gasteiger charge is -2.18. The molecule has 0 aliphatic heterocycles. The topological polar surface area (TPSA) is 17.1 Å². The average Bonchev–Trinajstić information content (AvgIpc) is 2.03. The van der Waals surface area contributed by atoms with Crippen molar-refractivity contribution in [1.29, 1.82) is 0 Å². The normalized spacial score (nSPS) is 24.6. The van der Waals surface area contributed by atoms with E-state index in [-0.39, 0.29) is 0 Å². The van der Waals surface area contributed by atoms with Crippen LogP contribution in [0.25, 0.3) is 0 Å². The molecule has 0 spiro atoms. The Morgan fingerprint density at radius 2 is 2.36 bits per heavy atom. The maximum Gasteiger partial charge on any atom is 0.136 e. The summed E-state index contributed by atoms with van der Waals surface area (Å²) in [7, 11) is 0. The van der Waals surface area contributed by atoms with Crippen LogP contribution in [0.5, 0.6) is 0 Å². The molecule has 1 aliphatic rings. The van der Waals surface area contributed by atoms with Gasteiger partial charge in [-0.2, -0.15) is 0 Å². The molecule has 0 aromatic heterocycles. The van der Waals surface area contributed by atoms with Crippen LogP contribution >= 0.6 is 0 Å². The maximum absolute atomic E-state index is 11.2. The predicted molar refractivity (Wildman–Crippen MR) is 45.0 cm³/mol. The van der Waals surface area contributed by atoms with Crippen molar-refractivity contribution >= 4 is 5.78 Å². The summed E-state index contributed by atoms with van der Waals surface area (Å²) in [6, 6.07) is 0. The van der Waals surface area contributed by atoms with Crippen LogP contribution in [0.15, 0.2) is 0 Å². The van der Waals surface area contributed by atoms with E-state index in [0.29, 0.717) is 11.7 Å². The van der Waals surface area contributed by atoms with Crippen molar-refractivity contribution in [3.05, 3.63) is 0 Å². The van der Waals surface area contributed by atoms with Gasteiger partial charge in [-0.05, 0) is 19.3 Å². The average molecular weight is 150 g/mol. The molecule has 1 heteroatoms. The number of terminal acetylenes is 1. The van der Waals surface area contributed by atoms with Gasteiger partial charge in [0, 0.05) is 18.8 Å². The predicted octanol–water partition coefficient (Wildman–Crippen LogP) is 2.16. The first-order valence-corrected chi connectivity index (χ1v) is 4.31. The zero-order chi connectivity index (χ0) is 8.10. The number of carbonyl (C=O) groups excluding carboxylic acids is 1. The molecule has 1 rings (SSSR count). The first kappa shape index (κ1) is 8.33. The summed E-state index contributed by atoms with van der Waals surface area (Å²) in [4.78, 5) is 11.2. The van der Waals surface area contributed by atoms with Gasteiger partial charge >= 0.3 is 0 Å². The molecule has 0 amide bonds. The molecule has 0 radical (unpaired) electrons. The highest BCUT2D eigenvalue weighted by Crippen LogP contribution is 2.23. The Hall–Kier alpha value is -0.770. The monoisotopic (exact) mass is 150 g/mol. The van der Waals surface area contributed by atoms with E-state index in [1.165, 1.54) is 6.42 Å². The molecule has 0 aromatic carbocycles. The van der Waals surface area contributed by atoms with E-state index >= 15 is 0 Å². The Morgan fingerprint density at radius 1 is 1.55 bits per heavy atom. The fourth-order valence-electron chi connectivity index (χ4n) is 1.62. The largest absolute Gasteiger partial charge is 0.299 e. The fraction of sp³-hybridized carbons (Fsp3) is 0.700. The van der Waals surface area contributed by atoms with Gasteiger partial charge in [0.2, 0.25) is 0 Å². The highest BCUT2D eigenvalue weighted by Gasteiger charge is 2.20. The minimum atomic E-state index is 0.291. The fourth-order valence-corrected chi connectivity index (χ4v) is 1.62. The summed E-state index contributed by atoms with van der Waals surface area (Å²) in [5, 5.41) is 0. The van der Waals surface area contributed by atoms with Crippen molar-refractivity contribution in [1.82, 2.24) is 0 Å². The number of hydrogen-bond acceptors (Lipinski definition) is 1. The summed E-state index contributed by atoms with van der Waals surface area (Å²) in [5.74, 6) is 3.31. The van der Waals surface area contributed by atoms with Gasteiger partial charge in [0.1, 0.15) is 5.78 Å². The summed E-state index contributed by atoms with van der Waals surface area (Å²) < 4.78 is 0. The van der Waals surface area contributed by atoms with E-state index in [1.807, 2.05) is 0 Å². The van der Waals surface area contributed by atoms with Gasteiger partial charge in [-0.3, -0.25) is 4.79 Å². The van der Waals surface area contributed by atoms with Gasteiger partial charge in [-0.15, -0.1) is 12.3 Å². The van der Waals surface area contributed by atoms with E-state index in [2.05, 4.69) is 5.92 Å². The SMILES string of the molecule is C#CCC[C@H]1CCCCC1=O. The van der Waals surface area contributed by atoms with Gasteiger partial charge in [-0.1, -0.05) is 6.42 Å². The van der Waals surface area contributed by atoms with Gasteiger partial charge < -0.3 is 0 Å². The molecule has 0 heterocycles. The molecule has 11 heavy (non-hydrogen) atoms. The first-order valence-electron chi connectivity index (χ1n) is 4.31. The van der Waals surface area contributed by atoms with E-state index < -0.39 is 0 Å². The van der Waals surface area contributed by atoms with Crippen LogP contribution in [-0.2, 0) is 4.79 Å². The van der Waals surface area contributed by atoms with Crippen LogP contribution in [0.1, 0.15) is 38.5 Å². The van der Waals surface area contributed by atoms with Crippen LogP contribution in [0.4, 0.5) is 0 Å². The van der Waals surface area contributed by atoms with Crippen LogP contribution in [-0.4, -0.2) is 5.78 Å². The van der Waals surface area contributed by atoms with E-state index in [1.54, 1.807) is 0 Å². The van der Waals surface area contributed by atoms with Crippen molar-refractivity contribution in [2.75, 3.05) is 0 Å². The van der Waals surface area contributed by atoms with Gasteiger partial charge in [0.15, 0.2) is 0 Å². The molecule has 1 atom stereocenters. The lowest BCUT2D eigenvalue weighted by molar-refractivity contribution is -0.124. The number of ketones is 1. The number of hydrogen-bond donors (Lipinski definition) is 0. The molecule has 0 unspecified atom stereocenters. The lowest BCUT2D eigenvalue weighted by atomic mass is 9.85. The summed E-state index contributed by atoms with van der Waals surface area (Å²) in [6.45, 7) is 0. The third-order valence-electron chi connectivity index (χ3n) is 2.32. The van der Waals surface area contributed by atoms with Crippen LogP contribution < -0.4 is 0 Å². The second-order valence-corrected chi connectivity index (χ2v) is 3.15. The molecule has 1 nitrogen and oxygen atoms in total. The van der Waals surface area contributed by atoms with Crippen molar-refractivity contribution in [3.8, 4) is 12.3 Å². The second-order valence-electron chi connectivity index (χ2n) is 3.15. The molecule has 0 saturated heterocycles. The van der Waals surface area contributed by atoms with Crippen LogP contribution in [0.2, 0.25) is 0 Å². The smallest absolute Gasteiger partial charge is 0.136 e. The standard InChI is InChI=1S/C10H14O/c1-2-3-6-9-7-4-5-8-10(9)11/h1,9H,3-8H2/t9-/m0/s1. The molecular formula is C10H14O. The highest BCUT2D eigenvalue weighted by molar-refractivity contribution is 5.81. The Balaban J connectivity index is 2.31. The molecule has 1 fully saturated rings. The minimum absolute atomic E-state index is 0.291. The summed E-state index contributed by atoms with van der Waals surface area (Å²) in [5.41, 5.74) is 0. The number of rotatable bonds is 2. The van der Waals surface area contributed by atoms with Crippen LogP contribution in [0.3, 0.4) is 0 Å².